The average molecular weight is 335 g/mol. The van der Waals surface area contributed by atoms with E-state index in [-0.39, 0.29) is 24.7 Å². The second-order valence-electron chi connectivity index (χ2n) is 5.12. The van der Waals surface area contributed by atoms with Crippen LogP contribution in [0.1, 0.15) is 21.2 Å². The summed E-state index contributed by atoms with van der Waals surface area (Å²) in [5.74, 6) is -1.67. The van der Waals surface area contributed by atoms with Crippen molar-refractivity contribution in [1.29, 1.82) is 0 Å². The van der Waals surface area contributed by atoms with Crippen LogP contribution in [0.4, 0.5) is 4.39 Å². The molecule has 122 valence electrons. The summed E-state index contributed by atoms with van der Waals surface area (Å²) in [6.45, 7) is 2.09. The van der Waals surface area contributed by atoms with Crippen molar-refractivity contribution in [3.05, 3.63) is 57.5 Å². The number of amides is 1. The Balaban J connectivity index is 1.99. The lowest BCUT2D eigenvalue weighted by Gasteiger charge is -2.15. The van der Waals surface area contributed by atoms with Gasteiger partial charge in [0.2, 0.25) is 5.91 Å². The van der Waals surface area contributed by atoms with Gasteiger partial charge in [-0.25, -0.2) is 4.39 Å². The van der Waals surface area contributed by atoms with Gasteiger partial charge >= 0.3 is 5.97 Å². The SMILES string of the molecule is COC(=O)C(CNC(=O)Cc1ccc(C)s1)c1ccc(F)cc1. The zero-order valence-corrected chi connectivity index (χ0v) is 13.8. The van der Waals surface area contributed by atoms with Gasteiger partial charge in [0.15, 0.2) is 0 Å². The van der Waals surface area contributed by atoms with Crippen molar-refractivity contribution in [2.75, 3.05) is 13.7 Å². The fourth-order valence-corrected chi connectivity index (χ4v) is 3.08. The lowest BCUT2D eigenvalue weighted by atomic mass is 9.99. The van der Waals surface area contributed by atoms with E-state index < -0.39 is 11.9 Å². The summed E-state index contributed by atoms with van der Waals surface area (Å²) < 4.78 is 17.8. The Labute approximate surface area is 138 Å². The van der Waals surface area contributed by atoms with Crippen molar-refractivity contribution >= 4 is 23.2 Å². The number of rotatable bonds is 6. The largest absolute Gasteiger partial charge is 0.468 e. The molecule has 0 aliphatic carbocycles. The highest BCUT2D eigenvalue weighted by molar-refractivity contribution is 7.12. The van der Waals surface area contributed by atoms with Crippen LogP contribution < -0.4 is 5.32 Å². The summed E-state index contributed by atoms with van der Waals surface area (Å²) in [6.07, 6.45) is 0.274. The first kappa shape index (κ1) is 17.1. The maximum atomic E-state index is 13.0. The minimum absolute atomic E-state index is 0.113. The van der Waals surface area contributed by atoms with Crippen LogP contribution in [0.5, 0.6) is 0 Å². The molecule has 1 aromatic heterocycles. The topological polar surface area (TPSA) is 55.4 Å². The fraction of sp³-hybridized carbons (Fsp3) is 0.294. The highest BCUT2D eigenvalue weighted by atomic mass is 32.1. The van der Waals surface area contributed by atoms with Crippen molar-refractivity contribution in [1.82, 2.24) is 5.32 Å². The fourth-order valence-electron chi connectivity index (χ4n) is 2.19. The third kappa shape index (κ3) is 4.89. The van der Waals surface area contributed by atoms with E-state index in [2.05, 4.69) is 5.32 Å². The van der Waals surface area contributed by atoms with E-state index in [0.29, 0.717) is 5.56 Å². The van der Waals surface area contributed by atoms with Crippen molar-refractivity contribution in [3.8, 4) is 0 Å². The van der Waals surface area contributed by atoms with Gasteiger partial charge in [0.25, 0.3) is 0 Å². The first-order valence-corrected chi connectivity index (χ1v) is 7.96. The van der Waals surface area contributed by atoms with Gasteiger partial charge in [-0.15, -0.1) is 11.3 Å². The summed E-state index contributed by atoms with van der Waals surface area (Å²) in [5, 5.41) is 2.74. The number of methoxy groups -OCH3 is 1. The van der Waals surface area contributed by atoms with Crippen molar-refractivity contribution < 1.29 is 18.7 Å². The molecule has 6 heteroatoms. The monoisotopic (exact) mass is 335 g/mol. The molecule has 1 unspecified atom stereocenters. The molecule has 2 aromatic rings. The third-order valence-electron chi connectivity index (χ3n) is 3.39. The minimum Gasteiger partial charge on any atom is -0.468 e. The van der Waals surface area contributed by atoms with E-state index in [1.54, 1.807) is 11.3 Å². The number of esters is 1. The number of benzene rings is 1. The molecule has 1 aromatic carbocycles. The average Bonchev–Trinajstić information content (AvgIpc) is 2.93. The van der Waals surface area contributed by atoms with E-state index in [1.807, 2.05) is 19.1 Å². The lowest BCUT2D eigenvalue weighted by Crippen LogP contribution is -2.33. The molecule has 1 amide bonds. The van der Waals surface area contributed by atoms with Crippen LogP contribution in [0.25, 0.3) is 0 Å². The van der Waals surface area contributed by atoms with E-state index in [0.717, 1.165) is 9.75 Å². The van der Waals surface area contributed by atoms with Crippen LogP contribution in [-0.2, 0) is 20.7 Å². The molecule has 4 nitrogen and oxygen atoms in total. The molecule has 2 rings (SSSR count). The Morgan fingerprint density at radius 2 is 1.91 bits per heavy atom. The second kappa shape index (κ2) is 7.87. The molecule has 0 saturated carbocycles. The molecule has 0 aliphatic heterocycles. The molecule has 0 radical (unpaired) electrons. The van der Waals surface area contributed by atoms with E-state index in [9.17, 15) is 14.0 Å². The smallest absolute Gasteiger partial charge is 0.314 e. The molecule has 0 bridgehead atoms. The quantitative estimate of drug-likeness (QED) is 0.826. The predicted octanol–water partition coefficient (Wildman–Crippen LogP) is 2.81. The number of aryl methyl sites for hydroxylation is 1. The summed E-state index contributed by atoms with van der Waals surface area (Å²) in [7, 11) is 1.29. The van der Waals surface area contributed by atoms with Crippen LogP contribution in [0.2, 0.25) is 0 Å². The summed E-state index contributed by atoms with van der Waals surface area (Å²) in [5.41, 5.74) is 0.602. The summed E-state index contributed by atoms with van der Waals surface area (Å²) in [6, 6.07) is 9.47. The van der Waals surface area contributed by atoms with Gasteiger partial charge in [-0.1, -0.05) is 12.1 Å². The Kier molecular flexibility index (Phi) is 5.87. The van der Waals surface area contributed by atoms with Crippen molar-refractivity contribution in [3.63, 3.8) is 0 Å². The Morgan fingerprint density at radius 3 is 2.48 bits per heavy atom. The first-order valence-electron chi connectivity index (χ1n) is 7.15. The Hall–Kier alpha value is -2.21. The molecular weight excluding hydrogens is 317 g/mol. The van der Waals surface area contributed by atoms with Gasteiger partial charge in [0.05, 0.1) is 19.4 Å². The minimum atomic E-state index is -0.658. The zero-order chi connectivity index (χ0) is 16.8. The van der Waals surface area contributed by atoms with E-state index >= 15 is 0 Å². The molecule has 0 saturated heterocycles. The maximum Gasteiger partial charge on any atom is 0.314 e. The number of thiophene rings is 1. The molecule has 1 heterocycles. The van der Waals surface area contributed by atoms with Gasteiger partial charge in [-0.2, -0.15) is 0 Å². The number of hydrogen-bond acceptors (Lipinski definition) is 4. The maximum absolute atomic E-state index is 13.0. The van der Waals surface area contributed by atoms with Gasteiger partial charge in [0.1, 0.15) is 5.82 Å². The molecule has 0 aliphatic rings. The number of carbonyl (C=O) groups excluding carboxylic acids is 2. The van der Waals surface area contributed by atoms with Crippen molar-refractivity contribution in [2.24, 2.45) is 0 Å². The third-order valence-corrected chi connectivity index (χ3v) is 4.39. The van der Waals surface area contributed by atoms with Crippen LogP contribution in [-0.4, -0.2) is 25.5 Å². The zero-order valence-electron chi connectivity index (χ0n) is 13.0. The molecular formula is C17H18FNO3S. The molecule has 1 atom stereocenters. The van der Waals surface area contributed by atoms with E-state index in [4.69, 9.17) is 4.74 Å². The molecule has 0 spiro atoms. The van der Waals surface area contributed by atoms with Crippen LogP contribution in [0.3, 0.4) is 0 Å². The molecule has 1 N–H and O–H groups in total. The number of carbonyl (C=O) groups is 2. The molecule has 23 heavy (non-hydrogen) atoms. The first-order chi connectivity index (χ1) is 11.0. The number of ether oxygens (including phenoxy) is 1. The van der Waals surface area contributed by atoms with Gasteiger partial charge in [0, 0.05) is 16.3 Å². The van der Waals surface area contributed by atoms with Crippen LogP contribution in [0.15, 0.2) is 36.4 Å². The van der Waals surface area contributed by atoms with Gasteiger partial charge in [-0.05, 0) is 36.8 Å². The summed E-state index contributed by atoms with van der Waals surface area (Å²) in [4.78, 5) is 26.0. The standard InChI is InChI=1S/C17H18FNO3S/c1-11-3-8-14(23-11)9-16(20)19-10-15(17(21)22-2)12-4-6-13(18)7-5-12/h3-8,15H,9-10H2,1-2H3,(H,19,20). The van der Waals surface area contributed by atoms with Crippen molar-refractivity contribution in [2.45, 2.75) is 19.3 Å². The highest BCUT2D eigenvalue weighted by Crippen LogP contribution is 2.18. The Morgan fingerprint density at radius 1 is 1.22 bits per heavy atom. The summed E-state index contributed by atoms with van der Waals surface area (Å²) >= 11 is 1.56. The van der Waals surface area contributed by atoms with E-state index in [1.165, 1.54) is 31.4 Å². The number of halogens is 1. The van der Waals surface area contributed by atoms with Crippen LogP contribution in [0, 0.1) is 12.7 Å². The highest BCUT2D eigenvalue weighted by Gasteiger charge is 2.22. The predicted molar refractivity (Wildman–Crippen MR) is 86.9 cm³/mol. The molecule has 0 fully saturated rings. The van der Waals surface area contributed by atoms with Gasteiger partial charge < -0.3 is 10.1 Å². The number of nitrogens with one attached hydrogen (secondary N) is 1. The second-order valence-corrected chi connectivity index (χ2v) is 6.49. The van der Waals surface area contributed by atoms with Gasteiger partial charge in [-0.3, -0.25) is 9.59 Å². The lowest BCUT2D eigenvalue weighted by molar-refractivity contribution is -0.142. The number of hydrogen-bond donors (Lipinski definition) is 1. The Bertz CT molecular complexity index is 681. The van der Waals surface area contributed by atoms with Crippen LogP contribution >= 0.6 is 11.3 Å². The normalized spacial score (nSPS) is 11.8.